The third kappa shape index (κ3) is 4.57. The molecule has 0 unspecified atom stereocenters. The highest BCUT2D eigenvalue weighted by Crippen LogP contribution is 2.27. The highest BCUT2D eigenvalue weighted by Gasteiger charge is 2.26. The normalized spacial score (nSPS) is 18.5. The molecule has 1 aliphatic rings. The van der Waals surface area contributed by atoms with Crippen molar-refractivity contribution < 1.29 is 9.53 Å². The van der Waals surface area contributed by atoms with E-state index in [1.165, 1.54) is 11.8 Å². The van der Waals surface area contributed by atoms with Crippen LogP contribution in [0, 0.1) is 0 Å². The van der Waals surface area contributed by atoms with E-state index >= 15 is 0 Å². The van der Waals surface area contributed by atoms with Crippen LogP contribution in [0.2, 0.25) is 0 Å². The van der Waals surface area contributed by atoms with Crippen LogP contribution in [0.5, 0.6) is 0 Å². The molecule has 3 heterocycles. The highest BCUT2D eigenvalue weighted by molar-refractivity contribution is 9.10. The SMILES string of the molecule is C[C@@H]1CN(C(=O)CSc2nc3ccc(Br)cc3c3nc(=O)c(-c4ccccc4)nn23)C[C@@H](C)O1. The molecule has 0 bridgehead atoms. The summed E-state index contributed by atoms with van der Waals surface area (Å²) in [7, 11) is 0. The summed E-state index contributed by atoms with van der Waals surface area (Å²) in [5.74, 6) is 0.202. The zero-order chi connectivity index (χ0) is 23.8. The molecule has 1 saturated heterocycles. The Kier molecular flexibility index (Phi) is 6.37. The Morgan fingerprint density at radius 3 is 2.59 bits per heavy atom. The van der Waals surface area contributed by atoms with Crippen molar-refractivity contribution in [1.82, 2.24) is 24.5 Å². The minimum atomic E-state index is -0.415. The number of morpholine rings is 1. The van der Waals surface area contributed by atoms with Gasteiger partial charge in [-0.25, -0.2) is 4.98 Å². The van der Waals surface area contributed by atoms with Crippen LogP contribution in [0.15, 0.2) is 63.0 Å². The zero-order valence-electron chi connectivity index (χ0n) is 18.6. The van der Waals surface area contributed by atoms with Gasteiger partial charge in [-0.05, 0) is 32.0 Å². The van der Waals surface area contributed by atoms with E-state index in [1.54, 1.807) is 4.52 Å². The van der Waals surface area contributed by atoms with Gasteiger partial charge in [0.15, 0.2) is 16.5 Å². The fourth-order valence-corrected chi connectivity index (χ4v) is 5.31. The fraction of sp³-hybridized carbons (Fsp3) is 0.292. The molecule has 0 aliphatic carbocycles. The first kappa shape index (κ1) is 22.9. The largest absolute Gasteiger partial charge is 0.372 e. The Morgan fingerprint density at radius 1 is 1.12 bits per heavy atom. The predicted molar refractivity (Wildman–Crippen MR) is 135 cm³/mol. The predicted octanol–water partition coefficient (Wildman–Crippen LogP) is 3.80. The first-order valence-corrected chi connectivity index (χ1v) is 12.7. The van der Waals surface area contributed by atoms with Crippen molar-refractivity contribution in [3.05, 3.63) is 63.4 Å². The van der Waals surface area contributed by atoms with Crippen molar-refractivity contribution in [2.24, 2.45) is 0 Å². The van der Waals surface area contributed by atoms with E-state index in [0.29, 0.717) is 40.4 Å². The average molecular weight is 540 g/mol. The molecule has 4 aromatic rings. The van der Waals surface area contributed by atoms with E-state index in [-0.39, 0.29) is 29.6 Å². The lowest BCUT2D eigenvalue weighted by Crippen LogP contribution is -2.48. The summed E-state index contributed by atoms with van der Waals surface area (Å²) in [6.45, 7) is 5.07. The number of ether oxygens (including phenoxy) is 1. The van der Waals surface area contributed by atoms with Crippen LogP contribution in [0.4, 0.5) is 0 Å². The number of hydrogen-bond donors (Lipinski definition) is 0. The minimum absolute atomic E-state index is 0.0000757. The molecule has 34 heavy (non-hydrogen) atoms. The number of fused-ring (bicyclic) bond motifs is 3. The van der Waals surface area contributed by atoms with Crippen LogP contribution in [0.3, 0.4) is 0 Å². The summed E-state index contributed by atoms with van der Waals surface area (Å²) < 4.78 is 8.16. The molecule has 1 amide bonds. The first-order chi connectivity index (χ1) is 16.4. The topological polar surface area (TPSA) is 89.7 Å². The van der Waals surface area contributed by atoms with Crippen molar-refractivity contribution >= 4 is 50.1 Å². The summed E-state index contributed by atoms with van der Waals surface area (Å²) in [5, 5.41) is 5.83. The van der Waals surface area contributed by atoms with Crippen LogP contribution in [0.25, 0.3) is 27.8 Å². The molecular formula is C24H22BrN5O3S. The van der Waals surface area contributed by atoms with Crippen molar-refractivity contribution in [1.29, 1.82) is 0 Å². The van der Waals surface area contributed by atoms with Gasteiger partial charge in [-0.1, -0.05) is 58.0 Å². The Balaban J connectivity index is 1.57. The van der Waals surface area contributed by atoms with Gasteiger partial charge >= 0.3 is 0 Å². The lowest BCUT2D eigenvalue weighted by Gasteiger charge is -2.35. The summed E-state index contributed by atoms with van der Waals surface area (Å²) in [4.78, 5) is 36.8. The number of aromatic nitrogens is 4. The Hall–Kier alpha value is -2.82. The van der Waals surface area contributed by atoms with Gasteiger partial charge in [0.2, 0.25) is 5.91 Å². The number of carbonyl (C=O) groups is 1. The number of hydrogen-bond acceptors (Lipinski definition) is 7. The van der Waals surface area contributed by atoms with E-state index in [4.69, 9.17) is 9.72 Å². The molecule has 2 aromatic carbocycles. The summed E-state index contributed by atoms with van der Waals surface area (Å²) in [6.07, 6.45) is -0.000151. The van der Waals surface area contributed by atoms with Crippen LogP contribution >= 0.6 is 27.7 Å². The molecule has 0 N–H and O–H groups in total. The van der Waals surface area contributed by atoms with Gasteiger partial charge in [-0.15, -0.1) is 0 Å². The molecule has 1 fully saturated rings. The molecule has 0 radical (unpaired) electrons. The van der Waals surface area contributed by atoms with Gasteiger partial charge in [-0.3, -0.25) is 9.59 Å². The Labute approximate surface area is 208 Å². The molecule has 174 valence electrons. The number of rotatable bonds is 4. The number of carbonyl (C=O) groups excluding carboxylic acids is 1. The quantitative estimate of drug-likeness (QED) is 0.221. The third-order valence-electron chi connectivity index (χ3n) is 5.55. The number of amides is 1. The van der Waals surface area contributed by atoms with Gasteiger partial charge < -0.3 is 9.64 Å². The smallest absolute Gasteiger partial charge is 0.300 e. The third-order valence-corrected chi connectivity index (χ3v) is 6.96. The molecule has 0 saturated carbocycles. The lowest BCUT2D eigenvalue weighted by molar-refractivity contribution is -0.140. The van der Waals surface area contributed by atoms with Crippen molar-refractivity contribution in [3.63, 3.8) is 0 Å². The van der Waals surface area contributed by atoms with Crippen LogP contribution in [-0.2, 0) is 9.53 Å². The van der Waals surface area contributed by atoms with Gasteiger partial charge in [0.1, 0.15) is 0 Å². The second kappa shape index (κ2) is 9.44. The highest BCUT2D eigenvalue weighted by atomic mass is 79.9. The molecule has 10 heteroatoms. The number of thioether (sulfide) groups is 1. The second-order valence-electron chi connectivity index (χ2n) is 8.27. The van der Waals surface area contributed by atoms with Gasteiger partial charge in [0, 0.05) is 28.5 Å². The van der Waals surface area contributed by atoms with Crippen LogP contribution in [0.1, 0.15) is 13.8 Å². The average Bonchev–Trinajstić information content (AvgIpc) is 2.82. The van der Waals surface area contributed by atoms with Gasteiger partial charge in [0.05, 0.1) is 23.5 Å². The summed E-state index contributed by atoms with van der Waals surface area (Å²) in [6, 6.07) is 14.8. The minimum Gasteiger partial charge on any atom is -0.372 e. The Bertz CT molecular complexity index is 1440. The zero-order valence-corrected chi connectivity index (χ0v) is 21.0. The van der Waals surface area contributed by atoms with Crippen LogP contribution in [-0.4, -0.2) is 61.4 Å². The van der Waals surface area contributed by atoms with E-state index in [9.17, 15) is 9.59 Å². The number of halogens is 1. The summed E-state index contributed by atoms with van der Waals surface area (Å²) >= 11 is 4.77. The maximum Gasteiger partial charge on any atom is 0.300 e. The van der Waals surface area contributed by atoms with E-state index < -0.39 is 5.56 Å². The fourth-order valence-electron chi connectivity index (χ4n) is 4.10. The van der Waals surface area contributed by atoms with Gasteiger partial charge in [0.25, 0.3) is 5.56 Å². The molecule has 2 aromatic heterocycles. The maximum absolute atomic E-state index is 13.0. The standard InChI is InChI=1S/C24H22BrN5O3S/c1-14-11-29(12-15(2)33-14)20(31)13-34-24-26-19-9-8-17(25)10-18(19)22-27-23(32)21(28-30(22)24)16-6-4-3-5-7-16/h3-10,14-15H,11-13H2,1-2H3/t14-,15-/m1/s1. The molecular weight excluding hydrogens is 518 g/mol. The lowest BCUT2D eigenvalue weighted by atomic mass is 10.2. The van der Waals surface area contributed by atoms with Crippen molar-refractivity contribution in [2.45, 2.75) is 31.2 Å². The number of benzene rings is 2. The van der Waals surface area contributed by atoms with E-state index in [0.717, 1.165) is 4.47 Å². The maximum atomic E-state index is 13.0. The van der Waals surface area contributed by atoms with E-state index in [2.05, 4.69) is 26.0 Å². The summed E-state index contributed by atoms with van der Waals surface area (Å²) in [5.41, 5.74) is 1.57. The van der Waals surface area contributed by atoms with Crippen LogP contribution < -0.4 is 5.56 Å². The first-order valence-electron chi connectivity index (χ1n) is 10.9. The number of nitrogens with zero attached hydrogens (tertiary/aromatic N) is 5. The van der Waals surface area contributed by atoms with Crippen molar-refractivity contribution in [3.8, 4) is 11.3 Å². The monoisotopic (exact) mass is 539 g/mol. The Morgan fingerprint density at radius 2 is 1.85 bits per heavy atom. The molecule has 5 rings (SSSR count). The van der Waals surface area contributed by atoms with Gasteiger partial charge in [-0.2, -0.15) is 14.6 Å². The molecule has 8 nitrogen and oxygen atoms in total. The molecule has 0 spiro atoms. The molecule has 2 atom stereocenters. The molecule has 1 aliphatic heterocycles. The second-order valence-corrected chi connectivity index (χ2v) is 10.1. The van der Waals surface area contributed by atoms with Crippen molar-refractivity contribution in [2.75, 3.05) is 18.8 Å². The van der Waals surface area contributed by atoms with E-state index in [1.807, 2.05) is 67.3 Å².